The van der Waals surface area contributed by atoms with Crippen LogP contribution in [0.25, 0.3) is 0 Å². The maximum Gasteiger partial charge on any atom is 0.0211 e. The van der Waals surface area contributed by atoms with Gasteiger partial charge in [-0.25, -0.2) is 0 Å². The van der Waals surface area contributed by atoms with E-state index >= 15 is 0 Å². The molecule has 0 aliphatic carbocycles. The van der Waals surface area contributed by atoms with E-state index in [1.807, 2.05) is 0 Å². The molecule has 2 N–H and O–H groups in total. The van der Waals surface area contributed by atoms with E-state index in [1.54, 1.807) is 0 Å². The fourth-order valence-electron chi connectivity index (χ4n) is 1.58. The van der Waals surface area contributed by atoms with E-state index in [2.05, 4.69) is 62.6 Å². The minimum Gasteiger partial charge on any atom is -0.313 e. The molecule has 1 unspecified atom stereocenters. The van der Waals surface area contributed by atoms with Crippen LogP contribution in [0, 0.1) is 6.92 Å². The Morgan fingerprint density at radius 3 is 2.38 bits per heavy atom. The number of hydrogen-bond acceptors (Lipinski definition) is 2. The van der Waals surface area contributed by atoms with Crippen LogP contribution in [-0.2, 0) is 6.54 Å². The lowest BCUT2D eigenvalue weighted by Gasteiger charge is -2.17. The van der Waals surface area contributed by atoms with Gasteiger partial charge in [0.05, 0.1) is 0 Å². The molecular formula is C14H24N2. The molecule has 0 radical (unpaired) electrons. The summed E-state index contributed by atoms with van der Waals surface area (Å²) in [6, 6.07) is 9.59. The predicted molar refractivity (Wildman–Crippen MR) is 70.6 cm³/mol. The fourth-order valence-corrected chi connectivity index (χ4v) is 1.58. The van der Waals surface area contributed by atoms with Crippen molar-refractivity contribution >= 4 is 0 Å². The van der Waals surface area contributed by atoms with Crippen molar-refractivity contribution in [3.63, 3.8) is 0 Å². The van der Waals surface area contributed by atoms with Crippen LogP contribution in [0.1, 0.15) is 31.9 Å². The van der Waals surface area contributed by atoms with Gasteiger partial charge in [0.25, 0.3) is 0 Å². The minimum atomic E-state index is 0.502. The van der Waals surface area contributed by atoms with E-state index in [0.29, 0.717) is 12.1 Å². The maximum absolute atomic E-state index is 3.53. The van der Waals surface area contributed by atoms with Crippen LogP contribution in [0.4, 0.5) is 0 Å². The molecule has 90 valence electrons. The summed E-state index contributed by atoms with van der Waals surface area (Å²) in [5, 5.41) is 6.97. The van der Waals surface area contributed by atoms with Crippen molar-refractivity contribution in [2.45, 2.75) is 46.3 Å². The van der Waals surface area contributed by atoms with Crippen LogP contribution < -0.4 is 10.6 Å². The van der Waals surface area contributed by atoms with Gasteiger partial charge < -0.3 is 10.6 Å². The first kappa shape index (κ1) is 13.2. The molecule has 2 nitrogen and oxygen atoms in total. The van der Waals surface area contributed by atoms with E-state index in [4.69, 9.17) is 0 Å². The average molecular weight is 220 g/mol. The molecule has 1 atom stereocenters. The Kier molecular flexibility index (Phi) is 5.50. The molecule has 0 saturated carbocycles. The van der Waals surface area contributed by atoms with Gasteiger partial charge in [-0.15, -0.1) is 0 Å². The SMILES string of the molecule is Cc1ccccc1CNC(C)CNC(C)C. The van der Waals surface area contributed by atoms with Gasteiger partial charge in [0, 0.05) is 25.2 Å². The molecule has 0 fully saturated rings. The van der Waals surface area contributed by atoms with Crippen LogP contribution >= 0.6 is 0 Å². The molecule has 0 bridgehead atoms. The second-order valence-electron chi connectivity index (χ2n) is 4.77. The molecule has 1 aromatic carbocycles. The summed E-state index contributed by atoms with van der Waals surface area (Å²) in [7, 11) is 0. The van der Waals surface area contributed by atoms with E-state index in [9.17, 15) is 0 Å². The van der Waals surface area contributed by atoms with E-state index in [0.717, 1.165) is 13.1 Å². The third-order valence-electron chi connectivity index (χ3n) is 2.73. The van der Waals surface area contributed by atoms with Gasteiger partial charge in [0.2, 0.25) is 0 Å². The summed E-state index contributed by atoms with van der Waals surface area (Å²) in [6.07, 6.45) is 0. The van der Waals surface area contributed by atoms with Crippen molar-refractivity contribution in [1.29, 1.82) is 0 Å². The van der Waals surface area contributed by atoms with Crippen LogP contribution in [0.3, 0.4) is 0 Å². The molecule has 0 heterocycles. The predicted octanol–water partition coefficient (Wildman–Crippen LogP) is 2.47. The van der Waals surface area contributed by atoms with Gasteiger partial charge in [0.1, 0.15) is 0 Å². The zero-order valence-electron chi connectivity index (χ0n) is 10.9. The Labute approximate surface area is 99.5 Å². The van der Waals surface area contributed by atoms with Crippen molar-refractivity contribution in [2.75, 3.05) is 6.54 Å². The molecule has 0 amide bonds. The van der Waals surface area contributed by atoms with Gasteiger partial charge >= 0.3 is 0 Å². The first-order valence-corrected chi connectivity index (χ1v) is 6.11. The second kappa shape index (κ2) is 6.66. The Balaban J connectivity index is 2.31. The average Bonchev–Trinajstić information content (AvgIpc) is 2.25. The second-order valence-corrected chi connectivity index (χ2v) is 4.77. The Morgan fingerprint density at radius 2 is 1.75 bits per heavy atom. The van der Waals surface area contributed by atoms with Crippen LogP contribution in [0.2, 0.25) is 0 Å². The highest BCUT2D eigenvalue weighted by Crippen LogP contribution is 2.06. The summed E-state index contributed by atoms with van der Waals surface area (Å²) < 4.78 is 0. The molecule has 0 spiro atoms. The number of benzene rings is 1. The largest absolute Gasteiger partial charge is 0.313 e. The highest BCUT2D eigenvalue weighted by Gasteiger charge is 2.03. The Bertz CT molecular complexity index is 307. The van der Waals surface area contributed by atoms with Crippen LogP contribution in [0.5, 0.6) is 0 Å². The molecule has 16 heavy (non-hydrogen) atoms. The zero-order chi connectivity index (χ0) is 12.0. The highest BCUT2D eigenvalue weighted by atomic mass is 15.0. The number of aryl methyl sites for hydroxylation is 1. The first-order valence-electron chi connectivity index (χ1n) is 6.11. The van der Waals surface area contributed by atoms with Gasteiger partial charge in [-0.1, -0.05) is 38.1 Å². The van der Waals surface area contributed by atoms with Crippen LogP contribution in [-0.4, -0.2) is 18.6 Å². The first-order chi connectivity index (χ1) is 7.59. The number of hydrogen-bond donors (Lipinski definition) is 2. The number of rotatable bonds is 6. The molecule has 1 aromatic rings. The summed E-state index contributed by atoms with van der Waals surface area (Å²) in [5.41, 5.74) is 2.75. The summed E-state index contributed by atoms with van der Waals surface area (Å²) in [4.78, 5) is 0. The zero-order valence-corrected chi connectivity index (χ0v) is 10.9. The van der Waals surface area contributed by atoms with E-state index in [-0.39, 0.29) is 0 Å². The summed E-state index contributed by atoms with van der Waals surface area (Å²) in [5.74, 6) is 0. The normalized spacial score (nSPS) is 13.1. The van der Waals surface area contributed by atoms with Crippen molar-refractivity contribution in [1.82, 2.24) is 10.6 Å². The molecular weight excluding hydrogens is 196 g/mol. The topological polar surface area (TPSA) is 24.1 Å². The summed E-state index contributed by atoms with van der Waals surface area (Å²) >= 11 is 0. The molecule has 0 aromatic heterocycles. The number of nitrogens with one attached hydrogen (secondary N) is 2. The van der Waals surface area contributed by atoms with Crippen molar-refractivity contribution < 1.29 is 0 Å². The maximum atomic E-state index is 3.53. The van der Waals surface area contributed by atoms with Crippen LogP contribution in [0.15, 0.2) is 24.3 Å². The van der Waals surface area contributed by atoms with Crippen molar-refractivity contribution in [3.8, 4) is 0 Å². The lowest BCUT2D eigenvalue weighted by molar-refractivity contribution is 0.473. The van der Waals surface area contributed by atoms with Crippen molar-refractivity contribution in [3.05, 3.63) is 35.4 Å². The lowest BCUT2D eigenvalue weighted by Crippen LogP contribution is -2.38. The monoisotopic (exact) mass is 220 g/mol. The highest BCUT2D eigenvalue weighted by molar-refractivity contribution is 5.25. The third kappa shape index (κ3) is 4.77. The molecule has 0 aliphatic heterocycles. The summed E-state index contributed by atoms with van der Waals surface area (Å²) in [6.45, 7) is 10.7. The van der Waals surface area contributed by atoms with E-state index in [1.165, 1.54) is 11.1 Å². The van der Waals surface area contributed by atoms with Crippen molar-refractivity contribution in [2.24, 2.45) is 0 Å². The molecule has 0 saturated heterocycles. The van der Waals surface area contributed by atoms with Gasteiger partial charge in [0.15, 0.2) is 0 Å². The van der Waals surface area contributed by atoms with E-state index < -0.39 is 0 Å². The smallest absolute Gasteiger partial charge is 0.0211 e. The quantitative estimate of drug-likeness (QED) is 0.769. The standard InChI is InChI=1S/C14H24N2/c1-11(2)15-9-13(4)16-10-14-8-6-5-7-12(14)3/h5-8,11,13,15-16H,9-10H2,1-4H3. The Morgan fingerprint density at radius 1 is 1.06 bits per heavy atom. The third-order valence-corrected chi connectivity index (χ3v) is 2.73. The van der Waals surface area contributed by atoms with Gasteiger partial charge in [-0.2, -0.15) is 0 Å². The fraction of sp³-hybridized carbons (Fsp3) is 0.571. The lowest BCUT2D eigenvalue weighted by atomic mass is 10.1. The van der Waals surface area contributed by atoms with Gasteiger partial charge in [-0.05, 0) is 25.0 Å². The van der Waals surface area contributed by atoms with Gasteiger partial charge in [-0.3, -0.25) is 0 Å². The minimum absolute atomic E-state index is 0.502. The molecule has 1 rings (SSSR count). The Hall–Kier alpha value is -0.860. The molecule has 2 heteroatoms. The molecule has 0 aliphatic rings.